The number of nitrogens with zero attached hydrogens (tertiary/aromatic N) is 3. The van der Waals surface area contributed by atoms with E-state index in [1.807, 2.05) is 18.2 Å². The van der Waals surface area contributed by atoms with E-state index in [-0.39, 0.29) is 0 Å². The lowest BCUT2D eigenvalue weighted by atomic mass is 10.1. The van der Waals surface area contributed by atoms with Gasteiger partial charge in [-0.3, -0.25) is 0 Å². The molecule has 146 valence electrons. The minimum atomic E-state index is 0.370. The number of hydrogen-bond donors (Lipinski definition) is 0. The summed E-state index contributed by atoms with van der Waals surface area (Å²) in [4.78, 5) is 12.4. The van der Waals surface area contributed by atoms with E-state index in [4.69, 9.17) is 31.0 Å². The quantitative estimate of drug-likeness (QED) is 0.695. The lowest BCUT2D eigenvalue weighted by Crippen LogP contribution is -2.34. The lowest BCUT2D eigenvalue weighted by Gasteiger charge is -2.28. The van der Waals surface area contributed by atoms with Crippen molar-refractivity contribution >= 4 is 17.4 Å². The van der Waals surface area contributed by atoms with Crippen molar-refractivity contribution in [3.8, 4) is 17.0 Å². The Morgan fingerprint density at radius 2 is 1.93 bits per heavy atom. The van der Waals surface area contributed by atoms with Gasteiger partial charge in [-0.05, 0) is 43.9 Å². The summed E-state index contributed by atoms with van der Waals surface area (Å²) in [6.07, 6.45) is 3.91. The summed E-state index contributed by atoms with van der Waals surface area (Å²) in [6, 6.07) is 6.08. The van der Waals surface area contributed by atoms with Gasteiger partial charge in [-0.2, -0.15) is 0 Å². The SMILES string of the molecule is CCc1nc(N2CCC[C@H]2COC)c(CC)nc1-c1ccc(OC)cc1Cl. The van der Waals surface area contributed by atoms with Crippen molar-refractivity contribution in [3.05, 3.63) is 34.6 Å². The first-order chi connectivity index (χ1) is 13.1. The van der Waals surface area contributed by atoms with E-state index in [1.54, 1.807) is 14.2 Å². The normalized spacial score (nSPS) is 16.8. The van der Waals surface area contributed by atoms with Crippen LogP contribution in [0.2, 0.25) is 5.02 Å². The van der Waals surface area contributed by atoms with Gasteiger partial charge in [0.25, 0.3) is 0 Å². The number of rotatable bonds is 7. The minimum Gasteiger partial charge on any atom is -0.497 e. The van der Waals surface area contributed by atoms with Crippen LogP contribution in [-0.2, 0) is 17.6 Å². The van der Waals surface area contributed by atoms with Crippen molar-refractivity contribution in [2.24, 2.45) is 0 Å². The van der Waals surface area contributed by atoms with E-state index in [9.17, 15) is 0 Å². The van der Waals surface area contributed by atoms with Crippen molar-refractivity contribution in [3.63, 3.8) is 0 Å². The number of ether oxygens (including phenoxy) is 2. The molecule has 1 fully saturated rings. The molecule has 1 aliphatic heterocycles. The number of aryl methyl sites for hydroxylation is 2. The van der Waals surface area contributed by atoms with Gasteiger partial charge in [0.05, 0.1) is 41.9 Å². The third-order valence-electron chi connectivity index (χ3n) is 5.13. The number of benzene rings is 1. The molecule has 0 bridgehead atoms. The second-order valence-electron chi connectivity index (χ2n) is 6.79. The summed E-state index contributed by atoms with van der Waals surface area (Å²) in [5, 5.41) is 0.631. The van der Waals surface area contributed by atoms with E-state index < -0.39 is 0 Å². The van der Waals surface area contributed by atoms with Crippen LogP contribution in [0.25, 0.3) is 11.3 Å². The maximum atomic E-state index is 6.52. The average Bonchev–Trinajstić information content (AvgIpc) is 3.15. The van der Waals surface area contributed by atoms with Crippen LogP contribution in [0.4, 0.5) is 5.82 Å². The van der Waals surface area contributed by atoms with Crippen molar-refractivity contribution in [1.29, 1.82) is 0 Å². The summed E-state index contributed by atoms with van der Waals surface area (Å²) in [5.74, 6) is 1.74. The molecule has 5 nitrogen and oxygen atoms in total. The minimum absolute atomic E-state index is 0.370. The monoisotopic (exact) mass is 389 g/mol. The molecule has 2 heterocycles. The van der Waals surface area contributed by atoms with Crippen molar-refractivity contribution < 1.29 is 9.47 Å². The molecule has 1 atom stereocenters. The van der Waals surface area contributed by atoms with Gasteiger partial charge in [-0.15, -0.1) is 0 Å². The van der Waals surface area contributed by atoms with Gasteiger partial charge in [0.2, 0.25) is 0 Å². The fraction of sp³-hybridized carbons (Fsp3) is 0.524. The molecule has 27 heavy (non-hydrogen) atoms. The highest BCUT2D eigenvalue weighted by molar-refractivity contribution is 6.33. The molecule has 0 amide bonds. The van der Waals surface area contributed by atoms with Gasteiger partial charge in [-0.1, -0.05) is 25.4 Å². The van der Waals surface area contributed by atoms with Gasteiger partial charge in [0, 0.05) is 19.2 Å². The molecule has 1 saturated heterocycles. The molecular weight excluding hydrogens is 362 g/mol. The standard InChI is InChI=1S/C21H28ClN3O2/c1-5-18-20(16-10-9-15(27-4)12-17(16)22)23-19(6-2)21(24-18)25-11-7-8-14(25)13-26-3/h9-10,12,14H,5-8,11,13H2,1-4H3/t14-/m0/s1. The van der Waals surface area contributed by atoms with Crippen LogP contribution in [0, 0.1) is 0 Å². The van der Waals surface area contributed by atoms with E-state index in [2.05, 4.69) is 18.7 Å². The summed E-state index contributed by atoms with van der Waals surface area (Å²) in [6.45, 7) is 5.96. The Labute approximate surface area is 166 Å². The summed E-state index contributed by atoms with van der Waals surface area (Å²) >= 11 is 6.52. The van der Waals surface area contributed by atoms with Crippen LogP contribution in [0.3, 0.4) is 0 Å². The van der Waals surface area contributed by atoms with Crippen LogP contribution < -0.4 is 9.64 Å². The predicted octanol–water partition coefficient (Wildman–Crippen LogP) is 4.55. The first kappa shape index (κ1) is 19.9. The molecule has 1 aromatic carbocycles. The van der Waals surface area contributed by atoms with Gasteiger partial charge >= 0.3 is 0 Å². The van der Waals surface area contributed by atoms with Gasteiger partial charge < -0.3 is 14.4 Å². The van der Waals surface area contributed by atoms with Crippen LogP contribution in [-0.4, -0.2) is 43.4 Å². The number of halogens is 1. The molecular formula is C21H28ClN3O2. The van der Waals surface area contributed by atoms with Gasteiger partial charge in [0.1, 0.15) is 5.75 Å². The highest BCUT2D eigenvalue weighted by Gasteiger charge is 2.29. The molecule has 0 saturated carbocycles. The Bertz CT molecular complexity index is 797. The van der Waals surface area contributed by atoms with Crippen molar-refractivity contribution in [2.45, 2.75) is 45.6 Å². The molecule has 6 heteroatoms. The molecule has 3 rings (SSSR count). The Balaban J connectivity index is 2.07. The Hall–Kier alpha value is -1.85. The molecule has 1 aromatic heterocycles. The fourth-order valence-electron chi connectivity index (χ4n) is 3.72. The molecule has 1 aliphatic rings. The van der Waals surface area contributed by atoms with Crippen LogP contribution in [0.15, 0.2) is 18.2 Å². The summed E-state index contributed by atoms with van der Waals surface area (Å²) < 4.78 is 10.7. The molecule has 0 N–H and O–H groups in total. The molecule has 0 radical (unpaired) electrons. The summed E-state index contributed by atoms with van der Waals surface area (Å²) in [7, 11) is 3.40. The fourth-order valence-corrected chi connectivity index (χ4v) is 3.98. The molecule has 2 aromatic rings. The largest absolute Gasteiger partial charge is 0.497 e. The smallest absolute Gasteiger partial charge is 0.151 e. The first-order valence-electron chi connectivity index (χ1n) is 9.62. The highest BCUT2D eigenvalue weighted by atomic mass is 35.5. The number of aromatic nitrogens is 2. The number of hydrogen-bond acceptors (Lipinski definition) is 5. The Kier molecular flexibility index (Phi) is 6.55. The second kappa shape index (κ2) is 8.89. The zero-order chi connectivity index (χ0) is 19.4. The zero-order valence-corrected chi connectivity index (χ0v) is 17.3. The number of anilines is 1. The van der Waals surface area contributed by atoms with Crippen LogP contribution in [0.1, 0.15) is 38.1 Å². The third kappa shape index (κ3) is 4.04. The topological polar surface area (TPSA) is 47.5 Å². The highest BCUT2D eigenvalue weighted by Crippen LogP contribution is 2.35. The maximum absolute atomic E-state index is 6.52. The summed E-state index contributed by atoms with van der Waals surface area (Å²) in [5.41, 5.74) is 3.75. The zero-order valence-electron chi connectivity index (χ0n) is 16.6. The Morgan fingerprint density at radius 1 is 1.15 bits per heavy atom. The first-order valence-corrected chi connectivity index (χ1v) is 9.99. The van der Waals surface area contributed by atoms with E-state index in [1.165, 1.54) is 0 Å². The average molecular weight is 390 g/mol. The van der Waals surface area contributed by atoms with Crippen molar-refractivity contribution in [1.82, 2.24) is 9.97 Å². The van der Waals surface area contributed by atoms with Crippen molar-refractivity contribution in [2.75, 3.05) is 32.3 Å². The molecule has 0 spiro atoms. The van der Waals surface area contributed by atoms with Gasteiger partial charge in [0.15, 0.2) is 5.82 Å². The molecule has 0 unspecified atom stereocenters. The number of methoxy groups -OCH3 is 2. The van der Waals surface area contributed by atoms with E-state index >= 15 is 0 Å². The van der Waals surface area contributed by atoms with E-state index in [0.29, 0.717) is 11.1 Å². The van der Waals surface area contributed by atoms with Crippen LogP contribution >= 0.6 is 11.6 Å². The predicted molar refractivity (Wildman–Crippen MR) is 110 cm³/mol. The van der Waals surface area contributed by atoms with Crippen LogP contribution in [0.5, 0.6) is 5.75 Å². The third-order valence-corrected chi connectivity index (χ3v) is 5.44. The Morgan fingerprint density at radius 3 is 2.56 bits per heavy atom. The lowest BCUT2D eigenvalue weighted by molar-refractivity contribution is 0.180. The second-order valence-corrected chi connectivity index (χ2v) is 7.19. The maximum Gasteiger partial charge on any atom is 0.151 e. The molecule has 0 aliphatic carbocycles. The van der Waals surface area contributed by atoms with Gasteiger partial charge in [-0.25, -0.2) is 9.97 Å². The van der Waals surface area contributed by atoms with E-state index in [0.717, 1.165) is 73.0 Å².